The van der Waals surface area contributed by atoms with Gasteiger partial charge in [-0.15, -0.1) is 0 Å². The van der Waals surface area contributed by atoms with Gasteiger partial charge in [-0.1, -0.05) is 55.9 Å². The molecular weight excluding hydrogens is 346 g/mol. The molecule has 1 aliphatic rings. The summed E-state index contributed by atoms with van der Waals surface area (Å²) in [5.41, 5.74) is 5.59. The standard InChI is InChI=1S/C25H24NS/c1-15(2)11-17-12-19-9-10-26(4)25-23-16(3)20-8-6-5-7-18(20)14-22(23)27-21(13-17)24(19)25/h5-10,12-15H,11H2,1-4H3/q+1. The van der Waals surface area contributed by atoms with E-state index in [1.807, 2.05) is 11.8 Å². The van der Waals surface area contributed by atoms with E-state index >= 15 is 0 Å². The molecule has 0 unspecified atom stereocenters. The van der Waals surface area contributed by atoms with E-state index in [9.17, 15) is 0 Å². The molecule has 0 fully saturated rings. The van der Waals surface area contributed by atoms with E-state index < -0.39 is 0 Å². The van der Waals surface area contributed by atoms with E-state index in [1.54, 1.807) is 0 Å². The Morgan fingerprint density at radius 3 is 2.59 bits per heavy atom. The zero-order valence-corrected chi connectivity index (χ0v) is 17.2. The summed E-state index contributed by atoms with van der Waals surface area (Å²) in [7, 11) is 2.18. The predicted octanol–water partition coefficient (Wildman–Crippen LogP) is 6.46. The predicted molar refractivity (Wildman–Crippen MR) is 115 cm³/mol. The van der Waals surface area contributed by atoms with Crippen LogP contribution in [0.2, 0.25) is 0 Å². The molecule has 0 radical (unpaired) electrons. The third-order valence-electron chi connectivity index (χ3n) is 5.63. The Kier molecular flexibility index (Phi) is 3.80. The first-order valence-corrected chi connectivity index (χ1v) is 10.5. The van der Waals surface area contributed by atoms with Gasteiger partial charge in [0.2, 0.25) is 5.69 Å². The van der Waals surface area contributed by atoms with Crippen LogP contribution in [0.15, 0.2) is 64.5 Å². The van der Waals surface area contributed by atoms with Gasteiger partial charge in [0.1, 0.15) is 7.05 Å². The molecule has 0 N–H and O–H groups in total. The highest BCUT2D eigenvalue weighted by Crippen LogP contribution is 2.49. The first-order valence-electron chi connectivity index (χ1n) is 9.69. The van der Waals surface area contributed by atoms with Crippen LogP contribution in [-0.4, -0.2) is 0 Å². The Hall–Kier alpha value is -2.32. The Morgan fingerprint density at radius 2 is 1.78 bits per heavy atom. The molecule has 1 nitrogen and oxygen atoms in total. The summed E-state index contributed by atoms with van der Waals surface area (Å²) in [5.74, 6) is 0.668. The van der Waals surface area contributed by atoms with Crippen molar-refractivity contribution in [1.82, 2.24) is 0 Å². The smallest absolute Gasteiger partial charge is 0.200 e. The van der Waals surface area contributed by atoms with Crippen molar-refractivity contribution in [3.05, 3.63) is 65.9 Å². The van der Waals surface area contributed by atoms with Crippen LogP contribution in [0.25, 0.3) is 32.8 Å². The quantitative estimate of drug-likeness (QED) is 0.323. The molecule has 1 aromatic heterocycles. The van der Waals surface area contributed by atoms with Gasteiger partial charge in [0, 0.05) is 15.9 Å². The fraction of sp³-hybridized carbons (Fsp3) is 0.240. The zero-order valence-electron chi connectivity index (χ0n) is 16.3. The van der Waals surface area contributed by atoms with E-state index in [4.69, 9.17) is 0 Å². The monoisotopic (exact) mass is 370 g/mol. The van der Waals surface area contributed by atoms with Gasteiger partial charge in [-0.25, -0.2) is 4.57 Å². The van der Waals surface area contributed by atoms with Gasteiger partial charge in [0.15, 0.2) is 6.20 Å². The molecule has 134 valence electrons. The highest BCUT2D eigenvalue weighted by molar-refractivity contribution is 7.99. The van der Waals surface area contributed by atoms with Crippen LogP contribution in [0.3, 0.4) is 0 Å². The summed E-state index contributed by atoms with van der Waals surface area (Å²) in [6, 6.07) is 18.2. The summed E-state index contributed by atoms with van der Waals surface area (Å²) in [6.45, 7) is 6.87. The second-order valence-corrected chi connectivity index (χ2v) is 9.21. The van der Waals surface area contributed by atoms with Crippen molar-refractivity contribution in [1.29, 1.82) is 0 Å². The van der Waals surface area contributed by atoms with E-state index in [0.29, 0.717) is 5.92 Å². The first kappa shape index (κ1) is 16.8. The molecular formula is C25H24NS+. The van der Waals surface area contributed by atoms with Gasteiger partial charge in [-0.2, -0.15) is 0 Å². The maximum Gasteiger partial charge on any atom is 0.222 e. The Bertz CT molecular complexity index is 1220. The minimum Gasteiger partial charge on any atom is -0.200 e. The van der Waals surface area contributed by atoms with Crippen molar-refractivity contribution >= 4 is 33.3 Å². The summed E-state index contributed by atoms with van der Waals surface area (Å²) in [5, 5.41) is 5.46. The molecule has 0 bridgehead atoms. The SMILES string of the molecule is Cc1c2c(cc3ccccc13)Sc1cc(CC(C)C)cc3cc[n+](C)c-2c13. The number of hydrogen-bond donors (Lipinski definition) is 0. The molecule has 1 aliphatic heterocycles. The fourth-order valence-electron chi connectivity index (χ4n) is 4.49. The Balaban J connectivity index is 1.88. The molecule has 0 amide bonds. The molecule has 3 aromatic carbocycles. The van der Waals surface area contributed by atoms with Crippen LogP contribution in [0.4, 0.5) is 0 Å². The van der Waals surface area contributed by atoms with Crippen molar-refractivity contribution in [2.75, 3.05) is 0 Å². The summed E-state index contributed by atoms with van der Waals surface area (Å²) in [4.78, 5) is 2.78. The third-order valence-corrected chi connectivity index (χ3v) is 6.72. The van der Waals surface area contributed by atoms with Crippen molar-refractivity contribution in [3.8, 4) is 11.3 Å². The van der Waals surface area contributed by atoms with Crippen LogP contribution in [0.1, 0.15) is 25.0 Å². The van der Waals surface area contributed by atoms with E-state index in [2.05, 4.69) is 87.1 Å². The highest BCUT2D eigenvalue weighted by atomic mass is 32.2. The van der Waals surface area contributed by atoms with Crippen molar-refractivity contribution < 1.29 is 4.57 Å². The van der Waals surface area contributed by atoms with E-state index in [0.717, 1.165) is 6.42 Å². The lowest BCUT2D eigenvalue weighted by atomic mass is 9.93. The summed E-state index contributed by atoms with van der Waals surface area (Å²) < 4.78 is 2.30. The Labute approximate surface area is 165 Å². The second-order valence-electron chi connectivity index (χ2n) is 8.13. The molecule has 0 spiro atoms. The number of nitrogens with zero attached hydrogens (tertiary/aromatic N) is 1. The maximum atomic E-state index is 2.42. The van der Waals surface area contributed by atoms with Gasteiger partial charge in [-0.3, -0.25) is 0 Å². The Morgan fingerprint density at radius 1 is 0.963 bits per heavy atom. The molecule has 0 saturated carbocycles. The highest BCUT2D eigenvalue weighted by Gasteiger charge is 2.29. The minimum absolute atomic E-state index is 0.668. The van der Waals surface area contributed by atoms with Gasteiger partial charge in [0.25, 0.3) is 0 Å². The lowest BCUT2D eigenvalue weighted by molar-refractivity contribution is -0.659. The molecule has 4 aromatic rings. The minimum atomic E-state index is 0.668. The van der Waals surface area contributed by atoms with Crippen LogP contribution >= 0.6 is 11.8 Å². The molecule has 2 heterocycles. The number of benzene rings is 3. The van der Waals surface area contributed by atoms with Gasteiger partial charge in [0.05, 0.1) is 10.9 Å². The van der Waals surface area contributed by atoms with E-state index in [1.165, 1.54) is 53.7 Å². The topological polar surface area (TPSA) is 3.88 Å². The molecule has 5 rings (SSSR count). The maximum absolute atomic E-state index is 2.42. The fourth-order valence-corrected chi connectivity index (χ4v) is 5.79. The largest absolute Gasteiger partial charge is 0.222 e. The number of aromatic nitrogens is 1. The van der Waals surface area contributed by atoms with Crippen LogP contribution in [0, 0.1) is 12.8 Å². The van der Waals surface area contributed by atoms with E-state index in [-0.39, 0.29) is 0 Å². The third kappa shape index (κ3) is 2.58. The van der Waals surface area contributed by atoms with Gasteiger partial charge >= 0.3 is 0 Å². The first-order chi connectivity index (χ1) is 13.0. The van der Waals surface area contributed by atoms with Crippen molar-refractivity contribution in [2.24, 2.45) is 13.0 Å². The number of hydrogen-bond acceptors (Lipinski definition) is 1. The second kappa shape index (κ2) is 6.10. The molecule has 0 atom stereocenters. The molecule has 0 aliphatic carbocycles. The molecule has 0 saturated heterocycles. The van der Waals surface area contributed by atoms with Crippen LogP contribution in [0.5, 0.6) is 0 Å². The average molecular weight is 371 g/mol. The lowest BCUT2D eigenvalue weighted by Crippen LogP contribution is -2.31. The number of fused-ring (bicyclic) bond motifs is 3. The molecule has 2 heteroatoms. The van der Waals surface area contributed by atoms with Gasteiger partial charge in [-0.05, 0) is 58.7 Å². The summed E-state index contributed by atoms with van der Waals surface area (Å²) >= 11 is 1.94. The molecule has 27 heavy (non-hydrogen) atoms. The normalized spacial score (nSPS) is 12.8. The number of pyridine rings is 1. The lowest BCUT2D eigenvalue weighted by Gasteiger charge is -2.22. The zero-order chi connectivity index (χ0) is 18.7. The van der Waals surface area contributed by atoms with Crippen molar-refractivity contribution in [3.63, 3.8) is 0 Å². The number of rotatable bonds is 2. The van der Waals surface area contributed by atoms with Crippen LogP contribution in [-0.2, 0) is 13.5 Å². The van der Waals surface area contributed by atoms with Crippen LogP contribution < -0.4 is 4.57 Å². The summed E-state index contributed by atoms with van der Waals surface area (Å²) in [6.07, 6.45) is 3.35. The van der Waals surface area contributed by atoms with Crippen molar-refractivity contribution in [2.45, 2.75) is 37.0 Å². The van der Waals surface area contributed by atoms with Gasteiger partial charge < -0.3 is 0 Å². The number of aryl methyl sites for hydroxylation is 2. The average Bonchev–Trinajstić information content (AvgIpc) is 2.63.